The molecule has 0 unspecified atom stereocenters. The van der Waals surface area contributed by atoms with Crippen molar-refractivity contribution in [3.63, 3.8) is 0 Å². The second kappa shape index (κ2) is 44.8. The fourth-order valence-corrected chi connectivity index (χ4v) is 11.0. The molecule has 1 saturated heterocycles. The van der Waals surface area contributed by atoms with E-state index in [1.54, 1.807) is 0 Å². The van der Waals surface area contributed by atoms with Gasteiger partial charge in [0.05, 0.1) is 26.4 Å². The Morgan fingerprint density at radius 2 is 0.962 bits per heavy atom. The Labute approximate surface area is 471 Å². The van der Waals surface area contributed by atoms with E-state index in [0.717, 1.165) is 63.4 Å². The third kappa shape index (κ3) is 28.7. The highest BCUT2D eigenvalue weighted by atomic mass is 16.7. The van der Waals surface area contributed by atoms with Crippen LogP contribution in [0.15, 0.2) is 12.2 Å². The lowest BCUT2D eigenvalue weighted by atomic mass is 9.80. The molecule has 0 aromatic carbocycles. The Bertz CT molecular complexity index is 1600. The first-order chi connectivity index (χ1) is 37.8. The zero-order valence-corrected chi connectivity index (χ0v) is 49.2. The molecule has 2 aliphatic rings. The van der Waals surface area contributed by atoms with Crippen LogP contribution in [0.4, 0.5) is 4.79 Å². The number of amides is 4. The second-order valence-electron chi connectivity index (χ2n) is 22.8. The maximum atomic E-state index is 14.4. The van der Waals surface area contributed by atoms with E-state index in [9.17, 15) is 54.6 Å². The van der Waals surface area contributed by atoms with Crippen LogP contribution in [0, 0.1) is 0 Å². The number of aliphatic hydroxyl groups is 6. The number of Topliss-reactive ketones (excluding diaryl/α,β-unsaturated/α-hetero) is 1. The summed E-state index contributed by atoms with van der Waals surface area (Å²) in [4.78, 5) is 68.0. The number of imide groups is 2. The number of unbranched alkanes of at least 4 members (excludes halogenated alkanes) is 35. The molecule has 16 nitrogen and oxygen atoms in total. The molecular weight excluding hydrogens is 997 g/mol. The molecule has 0 radical (unpaired) electrons. The highest BCUT2D eigenvalue weighted by molar-refractivity contribution is 6.12. The molecule has 0 saturated carbocycles. The average molecular weight is 1110 g/mol. The smallest absolute Gasteiger partial charge is 0.416 e. The monoisotopic (exact) mass is 1110 g/mol. The summed E-state index contributed by atoms with van der Waals surface area (Å²) in [6, 6.07) is -1.79. The van der Waals surface area contributed by atoms with Gasteiger partial charge < -0.3 is 44.8 Å². The van der Waals surface area contributed by atoms with Crippen LogP contribution in [0.3, 0.4) is 0 Å². The minimum Gasteiger partial charge on any atom is -0.452 e. The predicted molar refractivity (Wildman–Crippen MR) is 305 cm³/mol. The van der Waals surface area contributed by atoms with Gasteiger partial charge in [0.1, 0.15) is 30.5 Å². The highest BCUT2D eigenvalue weighted by Crippen LogP contribution is 2.31. The highest BCUT2D eigenvalue weighted by Gasteiger charge is 2.51. The van der Waals surface area contributed by atoms with Crippen LogP contribution >= 0.6 is 0 Å². The summed E-state index contributed by atoms with van der Waals surface area (Å²) in [7, 11) is 1.04. The number of hydrogen-bond donors (Lipinski definition) is 6. The molecule has 2 heterocycles. The molecule has 2 rings (SSSR count). The molecule has 8 atom stereocenters. The number of carbonyl (C=O) groups excluding carboxylic acids is 5. The zero-order valence-electron chi connectivity index (χ0n) is 49.2. The predicted octanol–water partition coefficient (Wildman–Crippen LogP) is 11.4. The Hall–Kier alpha value is -2.83. The SMILES string of the molecule is CCCCCCCCCCCCCCCCCCCCCCCCCC(=O)[C@@](O)(CCCCCCCCCCCCCC)[C@@H](O)[C@H](CO[C@H]1O[C@H](CO)[C@H](O)[C@H](O)[C@H]1O)N(C(=O)CCCCCN1C(=O)C=CC1=O)C(=O)OC. The van der Waals surface area contributed by atoms with Crippen molar-refractivity contribution >= 4 is 29.6 Å². The summed E-state index contributed by atoms with van der Waals surface area (Å²) in [6.07, 6.45) is 31.8. The van der Waals surface area contributed by atoms with Crippen molar-refractivity contribution in [2.24, 2.45) is 0 Å². The first kappa shape index (κ1) is 71.3. The van der Waals surface area contributed by atoms with Crippen LogP contribution in [0.25, 0.3) is 0 Å². The van der Waals surface area contributed by atoms with E-state index in [2.05, 4.69) is 13.8 Å². The molecule has 16 heteroatoms. The van der Waals surface area contributed by atoms with Crippen molar-refractivity contribution in [3.05, 3.63) is 12.2 Å². The van der Waals surface area contributed by atoms with Crippen molar-refractivity contribution in [3.8, 4) is 0 Å². The summed E-state index contributed by atoms with van der Waals surface area (Å²) >= 11 is 0. The maximum Gasteiger partial charge on any atom is 0.416 e. The summed E-state index contributed by atoms with van der Waals surface area (Å²) in [5, 5.41) is 66.7. The minimum absolute atomic E-state index is 0.0605. The van der Waals surface area contributed by atoms with Crippen LogP contribution < -0.4 is 0 Å². The Kier molecular flexibility index (Phi) is 40.9. The molecule has 0 bridgehead atoms. The van der Waals surface area contributed by atoms with E-state index in [1.807, 2.05) is 0 Å². The molecule has 4 amide bonds. The zero-order chi connectivity index (χ0) is 57.2. The van der Waals surface area contributed by atoms with Crippen LogP contribution in [0.2, 0.25) is 0 Å². The number of nitrogens with zero attached hydrogens (tertiary/aromatic N) is 2. The largest absolute Gasteiger partial charge is 0.452 e. The van der Waals surface area contributed by atoms with Gasteiger partial charge in [0.25, 0.3) is 11.8 Å². The lowest BCUT2D eigenvalue weighted by Gasteiger charge is -2.43. The number of methoxy groups -OCH3 is 1. The maximum absolute atomic E-state index is 14.4. The van der Waals surface area contributed by atoms with Gasteiger partial charge in [0.2, 0.25) is 5.91 Å². The Balaban J connectivity index is 2.07. The second-order valence-corrected chi connectivity index (χ2v) is 22.8. The van der Waals surface area contributed by atoms with E-state index in [4.69, 9.17) is 14.2 Å². The molecule has 0 aromatic heterocycles. The summed E-state index contributed by atoms with van der Waals surface area (Å²) < 4.78 is 16.5. The van der Waals surface area contributed by atoms with Crippen LogP contribution in [0.5, 0.6) is 0 Å². The average Bonchev–Trinajstić information content (AvgIpc) is 3.79. The van der Waals surface area contributed by atoms with E-state index < -0.39 is 91.3 Å². The van der Waals surface area contributed by atoms with E-state index in [-0.39, 0.29) is 32.2 Å². The van der Waals surface area contributed by atoms with E-state index >= 15 is 0 Å². The molecule has 0 aliphatic carbocycles. The van der Waals surface area contributed by atoms with E-state index in [1.165, 1.54) is 166 Å². The molecule has 2 aliphatic heterocycles. The number of ether oxygens (including phenoxy) is 3. The lowest BCUT2D eigenvalue weighted by molar-refractivity contribution is -0.304. The first-order valence-electron chi connectivity index (χ1n) is 31.6. The summed E-state index contributed by atoms with van der Waals surface area (Å²) in [5.41, 5.74) is -2.45. The van der Waals surface area contributed by atoms with Crippen molar-refractivity contribution in [2.45, 2.75) is 326 Å². The number of aliphatic hydroxyl groups excluding tert-OH is 5. The molecular formula is C62H112N2O14. The van der Waals surface area contributed by atoms with Gasteiger partial charge in [-0.25, -0.2) is 9.69 Å². The molecule has 454 valence electrons. The Morgan fingerprint density at radius 3 is 1.37 bits per heavy atom. The van der Waals surface area contributed by atoms with Crippen LogP contribution in [0.1, 0.15) is 277 Å². The number of ketones is 1. The fraction of sp³-hybridized carbons (Fsp3) is 0.887. The van der Waals surface area contributed by atoms with Crippen molar-refractivity contribution in [1.82, 2.24) is 9.80 Å². The fourth-order valence-electron chi connectivity index (χ4n) is 11.0. The number of rotatable bonds is 51. The minimum atomic E-state index is -2.45. The van der Waals surface area contributed by atoms with Crippen molar-refractivity contribution in [2.75, 3.05) is 26.9 Å². The topological polar surface area (TPSA) is 241 Å². The van der Waals surface area contributed by atoms with Gasteiger partial charge >= 0.3 is 6.09 Å². The first-order valence-corrected chi connectivity index (χ1v) is 31.6. The molecule has 0 aromatic rings. The van der Waals surface area contributed by atoms with E-state index in [0.29, 0.717) is 37.0 Å². The quantitative estimate of drug-likeness (QED) is 0.0245. The lowest BCUT2D eigenvalue weighted by Crippen LogP contribution is -2.64. The van der Waals surface area contributed by atoms with Crippen LogP contribution in [-0.4, -0.2) is 145 Å². The molecule has 78 heavy (non-hydrogen) atoms. The molecule has 6 N–H and O–H groups in total. The summed E-state index contributed by atoms with van der Waals surface area (Å²) in [5.74, 6) is -2.34. The molecule has 0 spiro atoms. The van der Waals surface area contributed by atoms with Gasteiger partial charge in [-0.2, -0.15) is 0 Å². The molecule has 1 fully saturated rings. The van der Waals surface area contributed by atoms with Gasteiger partial charge in [0, 0.05) is 31.5 Å². The van der Waals surface area contributed by atoms with Crippen LogP contribution in [-0.2, 0) is 33.4 Å². The Morgan fingerprint density at radius 1 is 0.577 bits per heavy atom. The third-order valence-corrected chi connectivity index (χ3v) is 16.2. The van der Waals surface area contributed by atoms with Gasteiger partial charge in [0.15, 0.2) is 17.7 Å². The summed E-state index contributed by atoms with van der Waals surface area (Å²) in [6.45, 7) is 3.03. The van der Waals surface area contributed by atoms with Gasteiger partial charge in [-0.3, -0.25) is 24.1 Å². The number of hydrogen-bond acceptors (Lipinski definition) is 14. The number of carbonyl (C=O) groups is 5. The standard InChI is InChI=1S/C62H112N2O14/c1-4-6-8-10-12-14-16-18-19-20-21-22-23-24-25-26-27-28-29-31-33-35-38-42-52(66)62(75,46-40-36-34-32-30-17-15-13-11-9-7-5-2)59(73)50(49-77-60-58(72)57(71)56(70)51(48-65)78-60)64(61(74)76-3)55(69)43-39-37-41-47-63-53(67)44-45-54(63)68/h44-45,50-51,56-60,65,70-73,75H,4-43,46-49H2,1-3H3/t50-,51+,56-,57-,58+,59-,60-,62-/m0/s1. The van der Waals surface area contributed by atoms with Crippen molar-refractivity contribution < 1.29 is 68.8 Å². The van der Waals surface area contributed by atoms with Gasteiger partial charge in [-0.1, -0.05) is 239 Å². The normalized spacial score (nSPS) is 20.1. The third-order valence-electron chi connectivity index (χ3n) is 16.2. The van der Waals surface area contributed by atoms with Crippen molar-refractivity contribution in [1.29, 1.82) is 0 Å². The van der Waals surface area contributed by atoms with Gasteiger partial charge in [-0.05, 0) is 25.7 Å². The van der Waals surface area contributed by atoms with Gasteiger partial charge in [-0.15, -0.1) is 0 Å².